The summed E-state index contributed by atoms with van der Waals surface area (Å²) in [6, 6.07) is 0. The molecule has 28 heavy (non-hydrogen) atoms. The van der Waals surface area contributed by atoms with Crippen LogP contribution in [0.4, 0.5) is 0 Å². The number of carbonyl (C=O) groups is 1. The van der Waals surface area contributed by atoms with E-state index in [4.69, 9.17) is 52.2 Å². The lowest BCUT2D eigenvalue weighted by Gasteiger charge is -2.24. The summed E-state index contributed by atoms with van der Waals surface area (Å²) in [6.45, 7) is 2.14. The van der Waals surface area contributed by atoms with E-state index in [1.54, 1.807) is 18.2 Å². The van der Waals surface area contributed by atoms with Gasteiger partial charge in [0.2, 0.25) is 0 Å². The van der Waals surface area contributed by atoms with Gasteiger partial charge in [-0.3, -0.25) is 4.79 Å². The number of carboxylic acids is 1. The van der Waals surface area contributed by atoms with Crippen molar-refractivity contribution in [1.82, 2.24) is 0 Å². The maximum atomic E-state index is 10.5. The highest BCUT2D eigenvalue weighted by Gasteiger charge is 2.15. The second-order valence-electron chi connectivity index (χ2n) is 7.25. The van der Waals surface area contributed by atoms with Crippen molar-refractivity contribution in [2.24, 2.45) is 0 Å². The van der Waals surface area contributed by atoms with Gasteiger partial charge in [0, 0.05) is 6.42 Å². The van der Waals surface area contributed by atoms with Crippen molar-refractivity contribution in [3.63, 3.8) is 0 Å². The van der Waals surface area contributed by atoms with E-state index < -0.39 is 21.6 Å². The van der Waals surface area contributed by atoms with Crippen LogP contribution in [0.1, 0.15) is 51.9 Å². The molecule has 0 aliphatic carbocycles. The van der Waals surface area contributed by atoms with Gasteiger partial charge in [-0.25, -0.2) is 0 Å². The molecule has 0 aromatic heterocycles. The topological polar surface area (TPSA) is 37.3 Å². The minimum absolute atomic E-state index is 0.0921. The summed E-state index contributed by atoms with van der Waals surface area (Å²) in [7, 11) is 35.9. The molecule has 0 aliphatic heterocycles. The zero-order chi connectivity index (χ0) is 21.7. The average Bonchev–Trinajstić information content (AvgIpc) is 2.58. The summed E-state index contributed by atoms with van der Waals surface area (Å²) < 4.78 is 0. The Kier molecular flexibility index (Phi) is 12.6. The predicted octanol–water partition coefficient (Wildman–Crippen LogP) is 3.41. The summed E-state index contributed by atoms with van der Waals surface area (Å²) in [4.78, 5) is 10.5. The Bertz CT molecular complexity index is 577. The van der Waals surface area contributed by atoms with Gasteiger partial charge in [0.1, 0.15) is 0 Å². The summed E-state index contributed by atoms with van der Waals surface area (Å²) in [6.07, 6.45) is 18.4. The van der Waals surface area contributed by atoms with Crippen LogP contribution in [0.3, 0.4) is 0 Å². The Labute approximate surface area is 179 Å². The van der Waals surface area contributed by atoms with Crippen molar-refractivity contribution >= 4 is 53.0 Å². The van der Waals surface area contributed by atoms with E-state index in [0.717, 1.165) is 25.7 Å². The molecule has 1 N–H and O–H groups in total. The van der Waals surface area contributed by atoms with E-state index in [-0.39, 0.29) is 6.42 Å². The van der Waals surface area contributed by atoms with E-state index >= 15 is 0 Å². The molecule has 8 heteroatoms. The van der Waals surface area contributed by atoms with E-state index in [9.17, 15) is 4.79 Å². The third-order valence-corrected chi connectivity index (χ3v) is 3.87. The fourth-order valence-corrected chi connectivity index (χ4v) is 2.20. The van der Waals surface area contributed by atoms with Crippen molar-refractivity contribution in [1.29, 1.82) is 0 Å². The Balaban J connectivity index is 4.71. The standard InChI is InChI=1S/C20H26B6O2/c1-2-3-4-5-8-11-18(21,22)13-15-20(25,26)16-14-19(23,24)12-9-6-7-10-17(27)28/h8-9,11-16H,2-7,10H2,1H3,(H,27,28)/b11-8-,12-9-,15-13-,16-14-. The van der Waals surface area contributed by atoms with Crippen LogP contribution in [0, 0.1) is 0 Å². The molecule has 0 unspecified atom stereocenters. The molecular formula is C20H26B6O2. The number of aliphatic carboxylic acids is 1. The average molecular weight is 363 g/mol. The first kappa shape index (κ1) is 26.8. The summed E-state index contributed by atoms with van der Waals surface area (Å²) in [5.74, 6) is -0.838. The summed E-state index contributed by atoms with van der Waals surface area (Å²) >= 11 is 0. The van der Waals surface area contributed by atoms with Crippen LogP contribution in [0.15, 0.2) is 48.6 Å². The van der Waals surface area contributed by atoms with E-state index in [2.05, 4.69) is 6.92 Å². The van der Waals surface area contributed by atoms with Crippen LogP contribution in [0.5, 0.6) is 0 Å². The van der Waals surface area contributed by atoms with Gasteiger partial charge in [0.25, 0.3) is 0 Å². The molecule has 12 radical (unpaired) electrons. The highest BCUT2D eigenvalue weighted by atomic mass is 16.4. The molecular weight excluding hydrogens is 337 g/mol. The number of unbranched alkanes of at least 4 members (excludes halogenated alkanes) is 4. The van der Waals surface area contributed by atoms with Gasteiger partial charge in [-0.15, -0.1) is 0 Å². The molecule has 0 amide bonds. The quantitative estimate of drug-likeness (QED) is 0.292. The molecule has 2 nitrogen and oxygen atoms in total. The lowest BCUT2D eigenvalue weighted by molar-refractivity contribution is -0.137. The van der Waals surface area contributed by atoms with Crippen molar-refractivity contribution in [2.45, 2.75) is 67.5 Å². The van der Waals surface area contributed by atoms with Gasteiger partial charge in [-0.1, -0.05) is 84.0 Å². The molecule has 0 aliphatic rings. The first-order valence-corrected chi connectivity index (χ1v) is 9.60. The van der Waals surface area contributed by atoms with Crippen LogP contribution in [0.2, 0.25) is 15.6 Å². The van der Waals surface area contributed by atoms with Gasteiger partial charge in [-0.05, 0) is 25.7 Å². The molecule has 0 heterocycles. The molecule has 0 aromatic rings. The SMILES string of the molecule is [B]C([B])(/C=C\CCCCC)/C=C\C([B])([B])/C=C\C([B])([B])/C=C\CCCC(=O)O. The smallest absolute Gasteiger partial charge is 0.303 e. The zero-order valence-corrected chi connectivity index (χ0v) is 16.9. The molecule has 0 rings (SSSR count). The largest absolute Gasteiger partial charge is 0.481 e. The number of allylic oxidation sites excluding steroid dienone is 8. The first-order chi connectivity index (χ1) is 12.9. The van der Waals surface area contributed by atoms with E-state index in [1.807, 2.05) is 6.08 Å². The number of hydrogen-bond donors (Lipinski definition) is 1. The third-order valence-electron chi connectivity index (χ3n) is 3.87. The zero-order valence-electron chi connectivity index (χ0n) is 16.9. The molecule has 0 saturated carbocycles. The maximum Gasteiger partial charge on any atom is 0.303 e. The van der Waals surface area contributed by atoms with E-state index in [1.165, 1.54) is 24.3 Å². The number of hydrogen-bond acceptors (Lipinski definition) is 1. The first-order valence-electron chi connectivity index (χ1n) is 9.60. The van der Waals surface area contributed by atoms with Crippen LogP contribution >= 0.6 is 0 Å². The Hall–Kier alpha value is -1.18. The fraction of sp³-hybridized carbons (Fsp3) is 0.550. The van der Waals surface area contributed by atoms with E-state index in [0.29, 0.717) is 12.8 Å². The molecule has 0 aromatic carbocycles. The van der Waals surface area contributed by atoms with Crippen LogP contribution < -0.4 is 0 Å². The van der Waals surface area contributed by atoms with Crippen molar-refractivity contribution in [3.8, 4) is 0 Å². The normalized spacial score (nSPS) is 14.0. The number of carboxylic acid groups (broad SMARTS) is 1. The lowest BCUT2D eigenvalue weighted by Crippen LogP contribution is -2.12. The third kappa shape index (κ3) is 15.8. The molecule has 136 valence electrons. The number of rotatable bonds is 14. The Morgan fingerprint density at radius 1 is 0.714 bits per heavy atom. The molecule has 0 saturated heterocycles. The predicted molar refractivity (Wildman–Crippen MR) is 125 cm³/mol. The fourth-order valence-electron chi connectivity index (χ4n) is 2.20. The van der Waals surface area contributed by atoms with Gasteiger partial charge in [0.15, 0.2) is 0 Å². The van der Waals surface area contributed by atoms with Crippen molar-refractivity contribution in [2.75, 3.05) is 0 Å². The van der Waals surface area contributed by atoms with Gasteiger partial charge in [-0.2, -0.15) is 0 Å². The molecule has 0 atom stereocenters. The second kappa shape index (κ2) is 13.1. The van der Waals surface area contributed by atoms with Crippen molar-refractivity contribution in [3.05, 3.63) is 48.6 Å². The van der Waals surface area contributed by atoms with Crippen LogP contribution in [-0.4, -0.2) is 58.2 Å². The summed E-state index contributed by atoms with van der Waals surface area (Å²) in [5.41, 5.74) is 0. The van der Waals surface area contributed by atoms with Crippen molar-refractivity contribution < 1.29 is 9.90 Å². The molecule has 0 bridgehead atoms. The Morgan fingerprint density at radius 3 is 1.50 bits per heavy atom. The minimum atomic E-state index is -1.33. The monoisotopic (exact) mass is 364 g/mol. The highest BCUT2D eigenvalue weighted by Crippen LogP contribution is 2.30. The van der Waals surface area contributed by atoms with Crippen LogP contribution in [0.25, 0.3) is 0 Å². The summed E-state index contributed by atoms with van der Waals surface area (Å²) in [5, 5.41) is 4.85. The highest BCUT2D eigenvalue weighted by molar-refractivity contribution is 6.45. The molecule has 0 spiro atoms. The minimum Gasteiger partial charge on any atom is -0.481 e. The second-order valence-corrected chi connectivity index (χ2v) is 7.25. The maximum absolute atomic E-state index is 10.5. The molecule has 0 fully saturated rings. The van der Waals surface area contributed by atoms with Gasteiger partial charge >= 0.3 is 5.97 Å². The Morgan fingerprint density at radius 2 is 1.11 bits per heavy atom. The lowest BCUT2D eigenvalue weighted by atomic mass is 9.48. The van der Waals surface area contributed by atoms with Gasteiger partial charge < -0.3 is 5.11 Å². The van der Waals surface area contributed by atoms with Gasteiger partial charge in [0.05, 0.1) is 47.1 Å². The van der Waals surface area contributed by atoms with Crippen LogP contribution in [-0.2, 0) is 4.79 Å².